The first-order chi connectivity index (χ1) is 15.0. The van der Waals surface area contributed by atoms with E-state index in [1.165, 1.54) is 11.7 Å². The molecule has 4 aromatic rings. The lowest BCUT2D eigenvalue weighted by molar-refractivity contribution is 0.303. The van der Waals surface area contributed by atoms with Gasteiger partial charge in [-0.3, -0.25) is 0 Å². The Morgan fingerprint density at radius 3 is 2.65 bits per heavy atom. The lowest BCUT2D eigenvalue weighted by Crippen LogP contribution is -2.23. The average molecular weight is 433 g/mol. The third kappa shape index (κ3) is 4.04. The minimum absolute atomic E-state index is 0.139. The van der Waals surface area contributed by atoms with Gasteiger partial charge in [0.05, 0.1) is 11.4 Å². The van der Waals surface area contributed by atoms with Gasteiger partial charge in [-0.2, -0.15) is 14.6 Å². The molecule has 2 heterocycles. The van der Waals surface area contributed by atoms with E-state index in [0.717, 1.165) is 15.8 Å². The number of aromatic nitrogens is 5. The van der Waals surface area contributed by atoms with Crippen molar-refractivity contribution < 1.29 is 4.74 Å². The van der Waals surface area contributed by atoms with Crippen molar-refractivity contribution in [1.82, 2.24) is 24.8 Å². The molecule has 0 unspecified atom stereocenters. The van der Waals surface area contributed by atoms with Gasteiger partial charge in [0, 0.05) is 23.2 Å². The van der Waals surface area contributed by atoms with Crippen molar-refractivity contribution in [2.45, 2.75) is 13.5 Å². The molecular weight excluding hydrogens is 416 g/mol. The molecule has 2 aromatic heterocycles. The number of nitrogens with zero attached hydrogens (tertiary/aromatic N) is 6. The Morgan fingerprint density at radius 2 is 1.94 bits per heavy atom. The van der Waals surface area contributed by atoms with Crippen molar-refractivity contribution in [3.63, 3.8) is 0 Å². The fourth-order valence-electron chi connectivity index (χ4n) is 3.13. The van der Waals surface area contributed by atoms with E-state index in [1.807, 2.05) is 37.3 Å². The summed E-state index contributed by atoms with van der Waals surface area (Å²) in [7, 11) is 1.53. The molecule has 0 saturated carbocycles. The van der Waals surface area contributed by atoms with E-state index in [9.17, 15) is 4.79 Å². The largest absolute Gasteiger partial charge is 0.488 e. The molecule has 4 rings (SSSR count). The normalized spacial score (nSPS) is 10.6. The SMILES string of the molecule is Cc1cc(-c2cccc(C#N)n2)ccc1OCc1c(Cl)cccc1-n1nnn(C)c1=O. The van der Waals surface area contributed by atoms with Gasteiger partial charge in [0.1, 0.15) is 24.1 Å². The van der Waals surface area contributed by atoms with Crippen LogP contribution < -0.4 is 10.4 Å². The maximum atomic E-state index is 12.3. The van der Waals surface area contributed by atoms with Crippen LogP contribution in [0.4, 0.5) is 0 Å². The highest BCUT2D eigenvalue weighted by Crippen LogP contribution is 2.28. The molecule has 0 saturated heterocycles. The van der Waals surface area contributed by atoms with Crippen molar-refractivity contribution in [3.05, 3.63) is 86.9 Å². The monoisotopic (exact) mass is 432 g/mol. The van der Waals surface area contributed by atoms with E-state index in [1.54, 1.807) is 30.3 Å². The van der Waals surface area contributed by atoms with Gasteiger partial charge < -0.3 is 4.74 Å². The summed E-state index contributed by atoms with van der Waals surface area (Å²) in [5.74, 6) is 0.664. The molecule has 2 aromatic carbocycles. The molecule has 0 aliphatic carbocycles. The summed E-state index contributed by atoms with van der Waals surface area (Å²) in [5, 5.41) is 17.2. The van der Waals surface area contributed by atoms with Crippen LogP contribution in [-0.2, 0) is 13.7 Å². The average Bonchev–Trinajstić information content (AvgIpc) is 3.11. The number of ether oxygens (including phenoxy) is 1. The number of hydrogen-bond donors (Lipinski definition) is 0. The highest BCUT2D eigenvalue weighted by Gasteiger charge is 2.15. The predicted octanol–water partition coefficient (Wildman–Crippen LogP) is 3.44. The third-order valence-electron chi connectivity index (χ3n) is 4.75. The molecule has 0 spiro atoms. The number of pyridine rings is 1. The van der Waals surface area contributed by atoms with Crippen LogP contribution in [-0.4, -0.2) is 24.8 Å². The Labute approximate surface area is 182 Å². The molecule has 8 nitrogen and oxygen atoms in total. The summed E-state index contributed by atoms with van der Waals surface area (Å²) in [6.45, 7) is 2.06. The zero-order valence-corrected chi connectivity index (χ0v) is 17.5. The minimum Gasteiger partial charge on any atom is -0.488 e. The summed E-state index contributed by atoms with van der Waals surface area (Å²) in [6, 6.07) is 18.2. The molecule has 0 atom stereocenters. The van der Waals surface area contributed by atoms with Crippen molar-refractivity contribution in [1.29, 1.82) is 5.26 Å². The molecule has 0 aliphatic rings. The first kappa shape index (κ1) is 20.3. The Bertz CT molecular complexity index is 1370. The number of hydrogen-bond acceptors (Lipinski definition) is 6. The summed E-state index contributed by atoms with van der Waals surface area (Å²) in [4.78, 5) is 16.6. The van der Waals surface area contributed by atoms with Gasteiger partial charge in [0.25, 0.3) is 0 Å². The summed E-state index contributed by atoms with van der Waals surface area (Å²) in [6.07, 6.45) is 0. The molecule has 154 valence electrons. The minimum atomic E-state index is -0.379. The zero-order chi connectivity index (χ0) is 22.0. The lowest BCUT2D eigenvalue weighted by atomic mass is 10.1. The zero-order valence-electron chi connectivity index (χ0n) is 16.8. The summed E-state index contributed by atoms with van der Waals surface area (Å²) < 4.78 is 8.35. The van der Waals surface area contributed by atoms with Gasteiger partial charge in [-0.15, -0.1) is 0 Å². The van der Waals surface area contributed by atoms with E-state index in [4.69, 9.17) is 21.6 Å². The van der Waals surface area contributed by atoms with Crippen LogP contribution in [0.25, 0.3) is 16.9 Å². The van der Waals surface area contributed by atoms with E-state index in [-0.39, 0.29) is 12.3 Å². The molecule has 9 heteroatoms. The van der Waals surface area contributed by atoms with Crippen molar-refractivity contribution in [2.75, 3.05) is 0 Å². The number of aryl methyl sites for hydroxylation is 2. The predicted molar refractivity (Wildman–Crippen MR) is 115 cm³/mol. The fraction of sp³-hybridized carbons (Fsp3) is 0.136. The fourth-order valence-corrected chi connectivity index (χ4v) is 3.36. The second-order valence-electron chi connectivity index (χ2n) is 6.82. The van der Waals surface area contributed by atoms with Crippen LogP contribution in [0.15, 0.2) is 59.4 Å². The quantitative estimate of drug-likeness (QED) is 0.479. The van der Waals surface area contributed by atoms with Crippen LogP contribution in [0, 0.1) is 18.3 Å². The first-order valence-corrected chi connectivity index (χ1v) is 9.73. The van der Waals surface area contributed by atoms with E-state index >= 15 is 0 Å². The highest BCUT2D eigenvalue weighted by molar-refractivity contribution is 6.31. The lowest BCUT2D eigenvalue weighted by Gasteiger charge is -2.14. The highest BCUT2D eigenvalue weighted by atomic mass is 35.5. The maximum Gasteiger partial charge on any atom is 0.368 e. The smallest absolute Gasteiger partial charge is 0.368 e. The molecule has 0 amide bonds. The van der Waals surface area contributed by atoms with Gasteiger partial charge in [-0.05, 0) is 65.4 Å². The van der Waals surface area contributed by atoms with E-state index in [2.05, 4.69) is 15.4 Å². The molecule has 0 fully saturated rings. The molecule has 31 heavy (non-hydrogen) atoms. The van der Waals surface area contributed by atoms with Gasteiger partial charge in [-0.25, -0.2) is 9.78 Å². The van der Waals surface area contributed by atoms with E-state index in [0.29, 0.717) is 33.4 Å². The number of nitriles is 1. The van der Waals surface area contributed by atoms with Gasteiger partial charge in [-0.1, -0.05) is 23.7 Å². The Kier molecular flexibility index (Phi) is 5.52. The Morgan fingerprint density at radius 1 is 1.13 bits per heavy atom. The second kappa shape index (κ2) is 8.42. The standard InChI is InChI=1S/C22H17ClN6O2/c1-14-11-15(19-7-3-5-16(12-24)25-19)9-10-21(14)31-13-17-18(23)6-4-8-20(17)29-22(30)28(2)26-27-29/h3-11H,13H2,1-2H3. The number of tetrazole rings is 1. The number of benzene rings is 2. The van der Waals surface area contributed by atoms with Crippen LogP contribution >= 0.6 is 11.6 Å². The topological polar surface area (TPSA) is 98.6 Å². The van der Waals surface area contributed by atoms with Gasteiger partial charge in [0.2, 0.25) is 0 Å². The van der Waals surface area contributed by atoms with Crippen LogP contribution in [0.3, 0.4) is 0 Å². The van der Waals surface area contributed by atoms with Crippen LogP contribution in [0.1, 0.15) is 16.8 Å². The second-order valence-corrected chi connectivity index (χ2v) is 7.23. The maximum absolute atomic E-state index is 12.3. The molecule has 0 aliphatic heterocycles. The van der Waals surface area contributed by atoms with Crippen LogP contribution in [0.2, 0.25) is 5.02 Å². The summed E-state index contributed by atoms with van der Waals surface area (Å²) >= 11 is 6.39. The van der Waals surface area contributed by atoms with E-state index < -0.39 is 0 Å². The molecular formula is C22H17ClN6O2. The van der Waals surface area contributed by atoms with Crippen LogP contribution in [0.5, 0.6) is 5.75 Å². The van der Waals surface area contributed by atoms with Gasteiger partial charge in [0.15, 0.2) is 0 Å². The number of halogens is 1. The first-order valence-electron chi connectivity index (χ1n) is 9.35. The van der Waals surface area contributed by atoms with Crippen molar-refractivity contribution in [3.8, 4) is 28.8 Å². The molecule has 0 bridgehead atoms. The third-order valence-corrected chi connectivity index (χ3v) is 5.10. The summed E-state index contributed by atoms with van der Waals surface area (Å²) in [5.41, 5.74) is 3.61. The molecule has 0 N–H and O–H groups in total. The molecule has 0 radical (unpaired) electrons. The number of rotatable bonds is 5. The Hall–Kier alpha value is -3.96. The van der Waals surface area contributed by atoms with Crippen molar-refractivity contribution in [2.24, 2.45) is 7.05 Å². The van der Waals surface area contributed by atoms with Crippen molar-refractivity contribution >= 4 is 11.6 Å². The Balaban J connectivity index is 1.61. The van der Waals surface area contributed by atoms with Gasteiger partial charge >= 0.3 is 5.69 Å².